The number of fused-ring (bicyclic) bond motifs is 1. The summed E-state index contributed by atoms with van der Waals surface area (Å²) in [5.74, 6) is 2.70. The number of rotatable bonds is 12. The van der Waals surface area contributed by atoms with Gasteiger partial charge < -0.3 is 19.4 Å². The average molecular weight is 534 g/mol. The topological polar surface area (TPSA) is 65.4 Å². The van der Waals surface area contributed by atoms with E-state index in [9.17, 15) is 9.18 Å². The number of aromatic nitrogens is 2. The summed E-state index contributed by atoms with van der Waals surface area (Å²) < 4.78 is 27.9. The van der Waals surface area contributed by atoms with Crippen LogP contribution in [0.4, 0.5) is 4.39 Å². The first kappa shape index (κ1) is 28.4. The molecule has 0 spiro atoms. The zero-order chi connectivity index (χ0) is 28.0. The van der Waals surface area contributed by atoms with Gasteiger partial charge >= 0.3 is 0 Å². The number of hydrogen-bond donors (Lipinski definition) is 1. The highest BCUT2D eigenvalue weighted by atomic mass is 19.1. The Morgan fingerprint density at radius 3 is 2.67 bits per heavy atom. The van der Waals surface area contributed by atoms with E-state index in [4.69, 9.17) is 9.47 Å². The summed E-state index contributed by atoms with van der Waals surface area (Å²) in [7, 11) is 1.97. The average Bonchev–Trinajstić information content (AvgIpc) is 3.34. The zero-order valence-corrected chi connectivity index (χ0v) is 23.7. The van der Waals surface area contributed by atoms with Crippen LogP contribution in [0.25, 0.3) is 11.6 Å². The highest BCUT2D eigenvalue weighted by Crippen LogP contribution is 2.37. The number of ether oxygens (including phenoxy) is 2. The SMILES string of the molecule is CC(C)CNC(=O)C(C)(C)CCCOc1ccc2c(c1)C=C(c1nccn1C)C(CCc1ccc(F)cc1)O2. The van der Waals surface area contributed by atoms with Crippen molar-refractivity contribution in [2.45, 2.75) is 59.5 Å². The number of nitrogens with zero attached hydrogens (tertiary/aromatic N) is 2. The van der Waals surface area contributed by atoms with Crippen molar-refractivity contribution in [3.63, 3.8) is 0 Å². The Kier molecular flexibility index (Phi) is 9.10. The Labute approximate surface area is 231 Å². The van der Waals surface area contributed by atoms with E-state index >= 15 is 0 Å². The van der Waals surface area contributed by atoms with E-state index in [-0.39, 0.29) is 17.8 Å². The minimum atomic E-state index is -0.440. The molecule has 3 aromatic rings. The third-order valence-electron chi connectivity index (χ3n) is 7.10. The smallest absolute Gasteiger partial charge is 0.225 e. The monoisotopic (exact) mass is 533 g/mol. The van der Waals surface area contributed by atoms with Crippen LogP contribution in [0.15, 0.2) is 54.9 Å². The lowest BCUT2D eigenvalue weighted by atomic mass is 9.87. The van der Waals surface area contributed by atoms with Crippen molar-refractivity contribution < 1.29 is 18.7 Å². The lowest BCUT2D eigenvalue weighted by molar-refractivity contribution is -0.129. The Morgan fingerprint density at radius 1 is 1.21 bits per heavy atom. The molecule has 4 rings (SSSR count). The van der Waals surface area contributed by atoms with Gasteiger partial charge in [-0.3, -0.25) is 4.79 Å². The normalized spacial score (nSPS) is 14.9. The van der Waals surface area contributed by atoms with Gasteiger partial charge in [0.05, 0.1) is 6.61 Å². The predicted molar refractivity (Wildman–Crippen MR) is 153 cm³/mol. The number of nitrogens with one attached hydrogen (secondary N) is 1. The van der Waals surface area contributed by atoms with Gasteiger partial charge in [0.1, 0.15) is 29.2 Å². The Hall–Kier alpha value is -3.61. The summed E-state index contributed by atoms with van der Waals surface area (Å²) in [5.41, 5.74) is 2.57. The van der Waals surface area contributed by atoms with Crippen molar-refractivity contribution >= 4 is 17.6 Å². The highest BCUT2D eigenvalue weighted by Gasteiger charge is 2.28. The molecule has 0 radical (unpaired) electrons. The van der Waals surface area contributed by atoms with Crippen LogP contribution in [0.3, 0.4) is 0 Å². The molecule has 2 aromatic carbocycles. The predicted octanol–water partition coefficient (Wildman–Crippen LogP) is 6.45. The summed E-state index contributed by atoms with van der Waals surface area (Å²) in [6.07, 6.45) is 8.67. The number of hydrogen-bond acceptors (Lipinski definition) is 4. The van der Waals surface area contributed by atoms with E-state index in [1.165, 1.54) is 12.1 Å². The maximum Gasteiger partial charge on any atom is 0.225 e. The third kappa shape index (κ3) is 7.49. The molecule has 1 N–H and O–H groups in total. The maximum atomic E-state index is 13.3. The van der Waals surface area contributed by atoms with E-state index in [0.29, 0.717) is 19.1 Å². The number of aryl methyl sites for hydroxylation is 2. The van der Waals surface area contributed by atoms with Gasteiger partial charge in [0, 0.05) is 42.5 Å². The first-order valence-electron chi connectivity index (χ1n) is 13.8. The summed E-state index contributed by atoms with van der Waals surface area (Å²) >= 11 is 0. The van der Waals surface area contributed by atoms with Crippen molar-refractivity contribution in [3.05, 3.63) is 77.6 Å². The largest absolute Gasteiger partial charge is 0.494 e. The fourth-order valence-electron chi connectivity index (χ4n) is 4.68. The Balaban J connectivity index is 1.41. The summed E-state index contributed by atoms with van der Waals surface area (Å²) in [4.78, 5) is 17.1. The van der Waals surface area contributed by atoms with Crippen molar-refractivity contribution in [2.75, 3.05) is 13.2 Å². The van der Waals surface area contributed by atoms with Crippen LogP contribution in [0.2, 0.25) is 0 Å². The molecule has 1 aliphatic heterocycles. The molecule has 39 heavy (non-hydrogen) atoms. The number of benzene rings is 2. The fraction of sp³-hybridized carbons (Fsp3) is 0.438. The highest BCUT2D eigenvalue weighted by molar-refractivity contribution is 5.85. The van der Waals surface area contributed by atoms with Crippen LogP contribution < -0.4 is 14.8 Å². The quantitative estimate of drug-likeness (QED) is 0.272. The number of carbonyl (C=O) groups is 1. The molecule has 1 amide bonds. The summed E-state index contributed by atoms with van der Waals surface area (Å²) in [5, 5.41) is 3.04. The van der Waals surface area contributed by atoms with Crippen LogP contribution >= 0.6 is 0 Å². The first-order chi connectivity index (χ1) is 18.6. The molecule has 0 fully saturated rings. The van der Waals surface area contributed by atoms with Gasteiger partial charge in [0.15, 0.2) is 0 Å². The van der Waals surface area contributed by atoms with Crippen LogP contribution in [0.5, 0.6) is 11.5 Å². The maximum absolute atomic E-state index is 13.3. The van der Waals surface area contributed by atoms with Gasteiger partial charge in [-0.2, -0.15) is 0 Å². The molecule has 208 valence electrons. The van der Waals surface area contributed by atoms with Gasteiger partial charge in [0.25, 0.3) is 0 Å². The molecule has 1 unspecified atom stereocenters. The second-order valence-electron chi connectivity index (χ2n) is 11.4. The van der Waals surface area contributed by atoms with Crippen LogP contribution in [0, 0.1) is 17.2 Å². The molecule has 1 atom stereocenters. The van der Waals surface area contributed by atoms with Gasteiger partial charge in [0.2, 0.25) is 5.91 Å². The van der Waals surface area contributed by atoms with Crippen molar-refractivity contribution in [1.29, 1.82) is 0 Å². The number of carbonyl (C=O) groups excluding carboxylic acids is 1. The molecule has 1 aromatic heterocycles. The lowest BCUT2D eigenvalue weighted by Crippen LogP contribution is -2.38. The standard InChI is InChI=1S/C32H40FN3O3/c1-22(2)21-35-31(37)32(3,4)15-6-18-38-26-12-14-28-24(19-26)20-27(30-34-16-17-36(30)5)29(39-28)13-9-23-7-10-25(33)11-8-23/h7-8,10-12,14,16-17,19-20,22,29H,6,9,13,15,18,21H2,1-5H3,(H,35,37). The minimum Gasteiger partial charge on any atom is -0.494 e. The van der Waals surface area contributed by atoms with E-state index in [1.54, 1.807) is 6.20 Å². The minimum absolute atomic E-state index is 0.0862. The second-order valence-corrected chi connectivity index (χ2v) is 11.4. The van der Waals surface area contributed by atoms with Crippen LogP contribution in [-0.4, -0.2) is 34.7 Å². The van der Waals surface area contributed by atoms with E-state index < -0.39 is 5.41 Å². The Morgan fingerprint density at radius 2 is 1.97 bits per heavy atom. The number of imidazole rings is 1. The number of amides is 1. The second kappa shape index (κ2) is 12.5. The zero-order valence-electron chi connectivity index (χ0n) is 23.7. The lowest BCUT2D eigenvalue weighted by Gasteiger charge is -2.28. The molecule has 0 saturated heterocycles. The fourth-order valence-corrected chi connectivity index (χ4v) is 4.68. The van der Waals surface area contributed by atoms with Crippen molar-refractivity contribution in [3.8, 4) is 11.5 Å². The number of halogens is 1. The van der Waals surface area contributed by atoms with Crippen LogP contribution in [0.1, 0.15) is 63.9 Å². The van der Waals surface area contributed by atoms with Gasteiger partial charge in [-0.1, -0.05) is 39.8 Å². The van der Waals surface area contributed by atoms with E-state index in [0.717, 1.165) is 59.7 Å². The molecule has 0 saturated carbocycles. The third-order valence-corrected chi connectivity index (χ3v) is 7.10. The molecule has 1 aliphatic rings. The molecular weight excluding hydrogens is 493 g/mol. The van der Waals surface area contributed by atoms with E-state index in [2.05, 4.69) is 30.2 Å². The molecule has 0 bridgehead atoms. The van der Waals surface area contributed by atoms with Gasteiger partial charge in [-0.05, 0) is 73.6 Å². The summed E-state index contributed by atoms with van der Waals surface area (Å²) in [6, 6.07) is 12.5. The van der Waals surface area contributed by atoms with E-state index in [1.807, 2.05) is 62.0 Å². The summed E-state index contributed by atoms with van der Waals surface area (Å²) in [6.45, 7) is 9.36. The van der Waals surface area contributed by atoms with Gasteiger partial charge in [-0.15, -0.1) is 0 Å². The molecule has 2 heterocycles. The molecular formula is C32H40FN3O3. The molecule has 7 heteroatoms. The molecule has 6 nitrogen and oxygen atoms in total. The van der Waals surface area contributed by atoms with Crippen molar-refractivity contribution in [2.24, 2.45) is 18.4 Å². The first-order valence-corrected chi connectivity index (χ1v) is 13.8. The van der Waals surface area contributed by atoms with Crippen molar-refractivity contribution in [1.82, 2.24) is 14.9 Å². The van der Waals surface area contributed by atoms with Crippen LogP contribution in [-0.2, 0) is 18.3 Å². The Bertz CT molecular complexity index is 1290. The van der Waals surface area contributed by atoms with Gasteiger partial charge in [-0.25, -0.2) is 9.37 Å². The molecule has 0 aliphatic carbocycles.